The van der Waals surface area contributed by atoms with Crippen LogP contribution in [0.1, 0.15) is 13.3 Å². The first-order chi connectivity index (χ1) is 6.85. The lowest BCUT2D eigenvalue weighted by Gasteiger charge is -2.13. The number of hydrogen-bond donors (Lipinski definition) is 0. The monoisotopic (exact) mass is 216 g/mol. The average Bonchev–Trinajstić information content (AvgIpc) is 2.18. The molecule has 0 bridgehead atoms. The van der Waals surface area contributed by atoms with Gasteiger partial charge in [-0.05, 0) is 6.92 Å². The fraction of sp³-hybridized carbons (Fsp3) is 0.750. The van der Waals surface area contributed by atoms with E-state index in [0.29, 0.717) is 32.8 Å². The Kier molecular flexibility index (Phi) is 9.85. The molecule has 0 N–H and O–H groups in total. The van der Waals surface area contributed by atoms with Gasteiger partial charge in [-0.3, -0.25) is 0 Å². The summed E-state index contributed by atoms with van der Waals surface area (Å²) in [6.07, 6.45) is 0.318. The smallest absolute Gasteiger partial charge is 0.314 e. The Morgan fingerprint density at radius 3 is 2.64 bits per heavy atom. The van der Waals surface area contributed by atoms with Crippen LogP contribution < -0.4 is 0 Å². The standard InChI is InChI=1S/C8H13N2O3P/c1-3-11-14(12-7-4-5-9)13-8-6-10-2/h3-4,6-8H2,1H3. The average molecular weight is 216 g/mol. The Hall–Kier alpha value is -0.710. The van der Waals surface area contributed by atoms with Crippen molar-refractivity contribution in [2.24, 2.45) is 0 Å². The maximum atomic E-state index is 8.28. The molecule has 1 atom stereocenters. The predicted octanol–water partition coefficient (Wildman–Crippen LogP) is 2.12. The second kappa shape index (κ2) is 10.4. The highest BCUT2D eigenvalue weighted by atomic mass is 31.2. The number of rotatable bonds is 8. The highest BCUT2D eigenvalue weighted by Gasteiger charge is 2.11. The van der Waals surface area contributed by atoms with Gasteiger partial charge < -0.3 is 18.4 Å². The Morgan fingerprint density at radius 2 is 2.07 bits per heavy atom. The van der Waals surface area contributed by atoms with Crippen LogP contribution in [0.15, 0.2) is 0 Å². The zero-order valence-corrected chi connectivity index (χ0v) is 9.00. The normalized spacial score (nSPS) is 11.6. The molecule has 0 aromatic carbocycles. The molecular weight excluding hydrogens is 203 g/mol. The zero-order valence-electron chi connectivity index (χ0n) is 8.10. The fourth-order valence-electron chi connectivity index (χ4n) is 0.544. The molecule has 0 rings (SSSR count). The lowest BCUT2D eigenvalue weighted by Crippen LogP contribution is -1.99. The Balaban J connectivity index is 3.56. The van der Waals surface area contributed by atoms with Crippen molar-refractivity contribution in [1.29, 1.82) is 5.26 Å². The van der Waals surface area contributed by atoms with E-state index >= 15 is 0 Å². The van der Waals surface area contributed by atoms with Crippen molar-refractivity contribution in [1.82, 2.24) is 0 Å². The van der Waals surface area contributed by atoms with Gasteiger partial charge in [-0.25, -0.2) is 6.57 Å². The first kappa shape index (κ1) is 13.3. The molecule has 6 heteroatoms. The molecule has 0 aliphatic rings. The summed E-state index contributed by atoms with van der Waals surface area (Å²) in [7, 11) is -1.38. The van der Waals surface area contributed by atoms with E-state index in [9.17, 15) is 0 Å². The van der Waals surface area contributed by atoms with Crippen molar-refractivity contribution < 1.29 is 13.6 Å². The maximum absolute atomic E-state index is 8.28. The molecule has 0 radical (unpaired) electrons. The molecule has 1 unspecified atom stereocenters. The van der Waals surface area contributed by atoms with Crippen LogP contribution in [0.25, 0.3) is 4.85 Å². The summed E-state index contributed by atoms with van der Waals surface area (Å²) in [5, 5.41) is 8.28. The largest absolute Gasteiger partial charge is 0.332 e. The molecule has 0 aromatic heterocycles. The highest BCUT2D eigenvalue weighted by molar-refractivity contribution is 7.41. The van der Waals surface area contributed by atoms with Crippen LogP contribution in [-0.2, 0) is 13.6 Å². The number of hydrogen-bond acceptors (Lipinski definition) is 4. The van der Waals surface area contributed by atoms with Gasteiger partial charge in [0.25, 0.3) is 0 Å². The molecule has 0 spiro atoms. The second-order valence-electron chi connectivity index (χ2n) is 2.10. The van der Waals surface area contributed by atoms with Crippen LogP contribution >= 0.6 is 8.60 Å². The molecule has 0 aliphatic heterocycles. The van der Waals surface area contributed by atoms with E-state index in [-0.39, 0.29) is 0 Å². The van der Waals surface area contributed by atoms with E-state index in [1.165, 1.54) is 0 Å². The molecule has 5 nitrogen and oxygen atoms in total. The maximum Gasteiger partial charge on any atom is 0.332 e. The third-order valence-electron chi connectivity index (χ3n) is 1.04. The van der Waals surface area contributed by atoms with Gasteiger partial charge in [0, 0.05) is 0 Å². The van der Waals surface area contributed by atoms with E-state index in [1.54, 1.807) is 0 Å². The number of nitrogens with zero attached hydrogens (tertiary/aromatic N) is 2. The van der Waals surface area contributed by atoms with Gasteiger partial charge in [-0.2, -0.15) is 5.26 Å². The van der Waals surface area contributed by atoms with Gasteiger partial charge in [0.05, 0.1) is 25.7 Å². The van der Waals surface area contributed by atoms with E-state index in [0.717, 1.165) is 0 Å². The minimum Gasteiger partial charge on any atom is -0.314 e. The third kappa shape index (κ3) is 7.91. The lowest BCUT2D eigenvalue weighted by atomic mass is 10.5. The molecule has 0 aromatic rings. The predicted molar refractivity (Wildman–Crippen MR) is 52.1 cm³/mol. The van der Waals surface area contributed by atoms with Crippen LogP contribution in [0.5, 0.6) is 0 Å². The van der Waals surface area contributed by atoms with Crippen LogP contribution in [0.3, 0.4) is 0 Å². The molecule has 0 saturated carbocycles. The van der Waals surface area contributed by atoms with E-state index < -0.39 is 8.60 Å². The van der Waals surface area contributed by atoms with Gasteiger partial charge in [-0.15, -0.1) is 0 Å². The van der Waals surface area contributed by atoms with Crippen LogP contribution in [0, 0.1) is 17.9 Å². The Labute approximate surface area is 85.4 Å². The van der Waals surface area contributed by atoms with Gasteiger partial charge in [0.1, 0.15) is 6.61 Å². The molecule has 14 heavy (non-hydrogen) atoms. The molecule has 0 heterocycles. The molecule has 0 fully saturated rings. The summed E-state index contributed by atoms with van der Waals surface area (Å²) in [5.41, 5.74) is 0. The van der Waals surface area contributed by atoms with Crippen molar-refractivity contribution in [2.75, 3.05) is 26.4 Å². The zero-order chi connectivity index (χ0) is 10.6. The summed E-state index contributed by atoms with van der Waals surface area (Å²) in [6.45, 7) is 9.79. The fourth-order valence-corrected chi connectivity index (χ4v) is 1.45. The minimum atomic E-state index is -1.38. The van der Waals surface area contributed by atoms with Crippen LogP contribution in [0.4, 0.5) is 0 Å². The summed E-state index contributed by atoms with van der Waals surface area (Å²) >= 11 is 0. The molecule has 0 saturated heterocycles. The third-order valence-corrected chi connectivity index (χ3v) is 2.30. The van der Waals surface area contributed by atoms with Crippen molar-refractivity contribution in [2.45, 2.75) is 13.3 Å². The minimum absolute atomic E-state index is 0.299. The van der Waals surface area contributed by atoms with Gasteiger partial charge >= 0.3 is 8.60 Å². The Bertz CT molecular complexity index is 192. The van der Waals surface area contributed by atoms with Crippen LogP contribution in [-0.4, -0.2) is 26.4 Å². The van der Waals surface area contributed by atoms with Crippen LogP contribution in [0.2, 0.25) is 0 Å². The van der Waals surface area contributed by atoms with Gasteiger partial charge in [0.2, 0.25) is 6.54 Å². The van der Waals surface area contributed by atoms with Gasteiger partial charge in [-0.1, -0.05) is 0 Å². The summed E-state index contributed by atoms with van der Waals surface area (Å²) < 4.78 is 15.5. The quantitative estimate of drug-likeness (QED) is 0.354. The van der Waals surface area contributed by atoms with E-state index in [4.69, 9.17) is 25.4 Å². The topological polar surface area (TPSA) is 55.8 Å². The van der Waals surface area contributed by atoms with E-state index in [1.807, 2.05) is 13.0 Å². The molecular formula is C8H13N2O3P. The summed E-state index contributed by atoms with van der Waals surface area (Å²) in [5.74, 6) is 0. The Morgan fingerprint density at radius 1 is 1.36 bits per heavy atom. The van der Waals surface area contributed by atoms with E-state index in [2.05, 4.69) is 4.85 Å². The van der Waals surface area contributed by atoms with Crippen molar-refractivity contribution in [3.05, 3.63) is 11.4 Å². The molecule has 78 valence electrons. The first-order valence-electron chi connectivity index (χ1n) is 4.24. The molecule has 0 aliphatic carbocycles. The second-order valence-corrected chi connectivity index (χ2v) is 3.32. The first-order valence-corrected chi connectivity index (χ1v) is 5.33. The summed E-state index contributed by atoms with van der Waals surface area (Å²) in [6, 6.07) is 1.96. The highest BCUT2D eigenvalue weighted by Crippen LogP contribution is 2.39. The van der Waals surface area contributed by atoms with Crippen molar-refractivity contribution in [3.63, 3.8) is 0 Å². The SMILES string of the molecule is [C-]#[N+]CCOP(OCC)OCCC#N. The summed E-state index contributed by atoms with van der Waals surface area (Å²) in [4.78, 5) is 3.14. The van der Waals surface area contributed by atoms with Crippen molar-refractivity contribution >= 4 is 8.60 Å². The van der Waals surface area contributed by atoms with Crippen molar-refractivity contribution in [3.8, 4) is 6.07 Å². The van der Waals surface area contributed by atoms with Gasteiger partial charge in [0.15, 0.2) is 0 Å². The number of nitriles is 1. The molecule has 0 amide bonds. The lowest BCUT2D eigenvalue weighted by molar-refractivity contribution is 0.172.